The maximum atomic E-state index is 9.76. The van der Waals surface area contributed by atoms with Gasteiger partial charge in [-0.05, 0) is 36.1 Å². The fourth-order valence-corrected chi connectivity index (χ4v) is 2.38. The third-order valence-corrected chi connectivity index (χ3v) is 3.44. The Balaban J connectivity index is 2.40. The molecule has 1 aromatic carbocycles. The molecule has 0 aliphatic carbocycles. The summed E-state index contributed by atoms with van der Waals surface area (Å²) < 4.78 is 5.05. The molecule has 3 heteroatoms. The van der Waals surface area contributed by atoms with Crippen LogP contribution in [0.25, 0.3) is 0 Å². The van der Waals surface area contributed by atoms with Crippen molar-refractivity contribution in [2.24, 2.45) is 0 Å². The first-order valence-corrected chi connectivity index (χ1v) is 6.01. The molecule has 0 aliphatic rings. The van der Waals surface area contributed by atoms with Crippen LogP contribution in [0.3, 0.4) is 0 Å². The number of hydrogen-bond acceptors (Lipinski definition) is 3. The smallest absolute Gasteiger partial charge is 0.0934 e. The van der Waals surface area contributed by atoms with Crippen molar-refractivity contribution in [3.8, 4) is 0 Å². The molecule has 0 atom stereocenters. The molecule has 0 saturated carbocycles. The van der Waals surface area contributed by atoms with Crippen LogP contribution >= 0.6 is 0 Å². The Bertz CT molecular complexity index is 484. The van der Waals surface area contributed by atoms with Crippen molar-refractivity contribution in [2.75, 3.05) is 13.2 Å². The maximum absolute atomic E-state index is 9.76. The van der Waals surface area contributed by atoms with Crippen molar-refractivity contribution >= 4 is 0 Å². The molecule has 0 fully saturated rings. The molecule has 0 saturated heterocycles. The first-order chi connectivity index (χ1) is 8.72. The normalized spacial score (nSPS) is 11.7. The van der Waals surface area contributed by atoms with Crippen LogP contribution in [0.4, 0.5) is 0 Å². The Morgan fingerprint density at radius 1 is 1.11 bits per heavy atom. The van der Waals surface area contributed by atoms with Crippen LogP contribution in [0, 0.1) is 6.92 Å². The maximum Gasteiger partial charge on any atom is 0.0934 e. The van der Waals surface area contributed by atoms with Crippen molar-refractivity contribution < 1.29 is 14.6 Å². The highest BCUT2D eigenvalue weighted by Crippen LogP contribution is 2.30. The Labute approximate surface area is 107 Å². The molecule has 0 aliphatic heterocycles. The van der Waals surface area contributed by atoms with Crippen LogP contribution in [0.15, 0.2) is 47.3 Å². The van der Waals surface area contributed by atoms with Gasteiger partial charge in [0.15, 0.2) is 0 Å². The molecular weight excluding hydrogens is 228 g/mol. The minimum absolute atomic E-state index is 0.0977. The van der Waals surface area contributed by atoms with Gasteiger partial charge in [0.25, 0.3) is 0 Å². The summed E-state index contributed by atoms with van der Waals surface area (Å²) in [7, 11) is 0. The number of aryl methyl sites for hydroxylation is 1. The topological polar surface area (TPSA) is 53.6 Å². The molecule has 96 valence electrons. The lowest BCUT2D eigenvalue weighted by molar-refractivity contribution is 0.115. The van der Waals surface area contributed by atoms with E-state index in [2.05, 4.69) is 0 Å². The molecule has 0 spiro atoms. The number of furan rings is 1. The number of hydrogen-bond donors (Lipinski definition) is 2. The zero-order chi connectivity index (χ0) is 13.0. The van der Waals surface area contributed by atoms with E-state index in [9.17, 15) is 10.2 Å². The van der Waals surface area contributed by atoms with Gasteiger partial charge < -0.3 is 14.6 Å². The van der Waals surface area contributed by atoms with Crippen molar-refractivity contribution in [1.29, 1.82) is 0 Å². The highest BCUT2D eigenvalue weighted by molar-refractivity contribution is 5.35. The number of aliphatic hydroxyl groups excluding tert-OH is 2. The fraction of sp³-hybridized carbons (Fsp3) is 0.333. The Morgan fingerprint density at radius 3 is 2.39 bits per heavy atom. The van der Waals surface area contributed by atoms with Gasteiger partial charge in [-0.15, -0.1) is 0 Å². The molecule has 1 aromatic heterocycles. The van der Waals surface area contributed by atoms with Gasteiger partial charge in [0.05, 0.1) is 25.7 Å². The first kappa shape index (κ1) is 12.9. The molecule has 0 radical (unpaired) electrons. The second kappa shape index (κ2) is 5.38. The van der Waals surface area contributed by atoms with E-state index < -0.39 is 5.41 Å². The predicted octanol–water partition coefficient (Wildman–Crippen LogP) is 2.05. The minimum atomic E-state index is -0.658. The van der Waals surface area contributed by atoms with E-state index in [1.54, 1.807) is 12.5 Å². The zero-order valence-electron chi connectivity index (χ0n) is 10.5. The van der Waals surface area contributed by atoms with E-state index in [0.717, 1.165) is 16.7 Å². The molecule has 0 amide bonds. The van der Waals surface area contributed by atoms with Gasteiger partial charge in [0, 0.05) is 5.41 Å². The second-order valence-electron chi connectivity index (χ2n) is 4.72. The summed E-state index contributed by atoms with van der Waals surface area (Å²) in [5.74, 6) is 0. The number of aliphatic hydroxyl groups is 2. The van der Waals surface area contributed by atoms with Crippen molar-refractivity contribution in [2.45, 2.75) is 18.8 Å². The van der Waals surface area contributed by atoms with E-state index in [1.165, 1.54) is 0 Å². The SMILES string of the molecule is Cc1ccccc1C(CO)(CO)Cc1ccoc1. The summed E-state index contributed by atoms with van der Waals surface area (Å²) in [5, 5.41) is 19.5. The summed E-state index contributed by atoms with van der Waals surface area (Å²) in [4.78, 5) is 0. The van der Waals surface area contributed by atoms with Crippen LogP contribution in [-0.4, -0.2) is 23.4 Å². The van der Waals surface area contributed by atoms with Gasteiger partial charge in [-0.1, -0.05) is 24.3 Å². The first-order valence-electron chi connectivity index (χ1n) is 6.01. The monoisotopic (exact) mass is 246 g/mol. The van der Waals surface area contributed by atoms with Crippen LogP contribution in [-0.2, 0) is 11.8 Å². The summed E-state index contributed by atoms with van der Waals surface area (Å²) in [6.07, 6.45) is 3.81. The number of rotatable bonds is 5. The Hall–Kier alpha value is -1.58. The summed E-state index contributed by atoms with van der Waals surface area (Å²) in [6.45, 7) is 1.80. The molecule has 0 unspecified atom stereocenters. The summed E-state index contributed by atoms with van der Waals surface area (Å²) in [5.41, 5.74) is 2.37. The number of benzene rings is 1. The van der Waals surface area contributed by atoms with Gasteiger partial charge in [-0.25, -0.2) is 0 Å². The van der Waals surface area contributed by atoms with E-state index in [0.29, 0.717) is 6.42 Å². The van der Waals surface area contributed by atoms with Crippen LogP contribution in [0.2, 0.25) is 0 Å². The Morgan fingerprint density at radius 2 is 1.83 bits per heavy atom. The zero-order valence-corrected chi connectivity index (χ0v) is 10.5. The molecule has 0 bridgehead atoms. The highest BCUT2D eigenvalue weighted by atomic mass is 16.3. The largest absolute Gasteiger partial charge is 0.472 e. The van der Waals surface area contributed by atoms with Gasteiger partial charge in [-0.2, -0.15) is 0 Å². The van der Waals surface area contributed by atoms with Gasteiger partial charge >= 0.3 is 0 Å². The van der Waals surface area contributed by atoms with Crippen LogP contribution in [0.1, 0.15) is 16.7 Å². The minimum Gasteiger partial charge on any atom is -0.472 e. The Kier molecular flexibility index (Phi) is 3.84. The van der Waals surface area contributed by atoms with Gasteiger partial charge in [-0.3, -0.25) is 0 Å². The molecule has 2 aromatic rings. The summed E-state index contributed by atoms with van der Waals surface area (Å²) in [6, 6.07) is 9.69. The average molecular weight is 246 g/mol. The third-order valence-electron chi connectivity index (χ3n) is 3.44. The van der Waals surface area contributed by atoms with E-state index in [-0.39, 0.29) is 13.2 Å². The second-order valence-corrected chi connectivity index (χ2v) is 4.72. The lowest BCUT2D eigenvalue weighted by Crippen LogP contribution is -2.37. The lowest BCUT2D eigenvalue weighted by atomic mass is 9.75. The molecule has 2 N–H and O–H groups in total. The fourth-order valence-electron chi connectivity index (χ4n) is 2.38. The molecule has 18 heavy (non-hydrogen) atoms. The average Bonchev–Trinajstić information content (AvgIpc) is 2.90. The quantitative estimate of drug-likeness (QED) is 0.849. The predicted molar refractivity (Wildman–Crippen MR) is 69.4 cm³/mol. The van der Waals surface area contributed by atoms with E-state index in [4.69, 9.17) is 4.42 Å². The van der Waals surface area contributed by atoms with Gasteiger partial charge in [0.2, 0.25) is 0 Å². The summed E-state index contributed by atoms with van der Waals surface area (Å²) >= 11 is 0. The molecular formula is C15H18O3. The molecule has 2 rings (SSSR count). The van der Waals surface area contributed by atoms with Gasteiger partial charge in [0.1, 0.15) is 0 Å². The lowest BCUT2D eigenvalue weighted by Gasteiger charge is -2.31. The van der Waals surface area contributed by atoms with E-state index in [1.807, 2.05) is 37.3 Å². The van der Waals surface area contributed by atoms with Crippen LogP contribution < -0.4 is 0 Å². The van der Waals surface area contributed by atoms with Crippen molar-refractivity contribution in [3.63, 3.8) is 0 Å². The highest BCUT2D eigenvalue weighted by Gasteiger charge is 2.32. The van der Waals surface area contributed by atoms with Crippen molar-refractivity contribution in [3.05, 3.63) is 59.5 Å². The van der Waals surface area contributed by atoms with Crippen molar-refractivity contribution in [1.82, 2.24) is 0 Å². The standard InChI is InChI=1S/C15H18O3/c1-12-4-2-3-5-14(12)15(10-16,11-17)8-13-6-7-18-9-13/h2-7,9,16-17H,8,10-11H2,1H3. The third kappa shape index (κ3) is 2.33. The van der Waals surface area contributed by atoms with Crippen LogP contribution in [0.5, 0.6) is 0 Å². The molecule has 1 heterocycles. The molecule has 3 nitrogen and oxygen atoms in total. The van der Waals surface area contributed by atoms with E-state index >= 15 is 0 Å².